The molecule has 168 valence electrons. The Labute approximate surface area is 188 Å². The summed E-state index contributed by atoms with van der Waals surface area (Å²) in [6, 6.07) is 7.01. The van der Waals surface area contributed by atoms with Crippen LogP contribution in [0, 0.1) is 13.8 Å². The molecular weight excluding hydrogens is 438 g/mol. The average molecular weight is 466 g/mol. The normalized spacial score (nSPS) is 18.3. The Kier molecular flexibility index (Phi) is 6.18. The van der Waals surface area contributed by atoms with Crippen LogP contribution in [-0.2, 0) is 10.0 Å². The zero-order valence-electron chi connectivity index (χ0n) is 18.1. The molecule has 2 fully saturated rings. The van der Waals surface area contributed by atoms with Gasteiger partial charge in [-0.15, -0.1) is 0 Å². The van der Waals surface area contributed by atoms with Crippen LogP contribution in [-0.4, -0.2) is 67.8 Å². The van der Waals surface area contributed by atoms with Gasteiger partial charge in [0, 0.05) is 49.2 Å². The minimum absolute atomic E-state index is 0.0956. The van der Waals surface area contributed by atoms with E-state index in [1.54, 1.807) is 6.07 Å². The van der Waals surface area contributed by atoms with Gasteiger partial charge in [-0.3, -0.25) is 9.69 Å². The van der Waals surface area contributed by atoms with Gasteiger partial charge in [0.1, 0.15) is 5.75 Å². The Morgan fingerprint density at radius 1 is 1.13 bits per heavy atom. The molecule has 0 bridgehead atoms. The SMILES string of the molecule is COc1ccc(S(=O)(=O)N2CCN(CC(=O)c3cc(C)n(C4CC4)c3C)CC2)cc1Cl. The van der Waals surface area contributed by atoms with Crippen LogP contribution < -0.4 is 4.74 Å². The number of rotatable bonds is 7. The number of aryl methyl sites for hydroxylation is 1. The highest BCUT2D eigenvalue weighted by atomic mass is 35.5. The summed E-state index contributed by atoms with van der Waals surface area (Å²) in [6.07, 6.45) is 2.36. The number of carbonyl (C=O) groups excluding carboxylic acids is 1. The summed E-state index contributed by atoms with van der Waals surface area (Å²) in [5.41, 5.74) is 2.97. The van der Waals surface area contributed by atoms with E-state index in [0.717, 1.165) is 17.0 Å². The summed E-state index contributed by atoms with van der Waals surface area (Å²) in [7, 11) is -2.16. The van der Waals surface area contributed by atoms with E-state index in [1.165, 1.54) is 36.4 Å². The first-order valence-electron chi connectivity index (χ1n) is 10.5. The van der Waals surface area contributed by atoms with Gasteiger partial charge in [-0.1, -0.05) is 11.6 Å². The van der Waals surface area contributed by atoms with Crippen LogP contribution >= 0.6 is 11.6 Å². The maximum Gasteiger partial charge on any atom is 0.243 e. The molecule has 1 aromatic carbocycles. The molecule has 0 atom stereocenters. The highest BCUT2D eigenvalue weighted by molar-refractivity contribution is 7.89. The lowest BCUT2D eigenvalue weighted by molar-refractivity contribution is 0.0901. The lowest BCUT2D eigenvalue weighted by Crippen LogP contribution is -2.49. The van der Waals surface area contributed by atoms with Crippen molar-refractivity contribution in [3.8, 4) is 5.75 Å². The number of ether oxygens (including phenoxy) is 1. The first-order valence-corrected chi connectivity index (χ1v) is 12.3. The van der Waals surface area contributed by atoms with Crippen molar-refractivity contribution < 1.29 is 17.9 Å². The van der Waals surface area contributed by atoms with Gasteiger partial charge >= 0.3 is 0 Å². The van der Waals surface area contributed by atoms with E-state index >= 15 is 0 Å². The van der Waals surface area contributed by atoms with E-state index in [-0.39, 0.29) is 15.7 Å². The molecule has 2 heterocycles. The second-order valence-electron chi connectivity index (χ2n) is 8.29. The molecule has 7 nitrogen and oxygen atoms in total. The van der Waals surface area contributed by atoms with Gasteiger partial charge in [-0.05, 0) is 51.0 Å². The van der Waals surface area contributed by atoms with Crippen LogP contribution in [0.5, 0.6) is 5.75 Å². The minimum atomic E-state index is -3.65. The van der Waals surface area contributed by atoms with Crippen molar-refractivity contribution in [2.24, 2.45) is 0 Å². The van der Waals surface area contributed by atoms with Crippen LogP contribution in [0.4, 0.5) is 0 Å². The van der Waals surface area contributed by atoms with E-state index in [0.29, 0.717) is 44.5 Å². The number of piperazine rings is 1. The number of ketones is 1. The molecule has 1 saturated carbocycles. The lowest BCUT2D eigenvalue weighted by atomic mass is 10.1. The molecule has 0 unspecified atom stereocenters. The van der Waals surface area contributed by atoms with Crippen LogP contribution in [0.15, 0.2) is 29.2 Å². The van der Waals surface area contributed by atoms with Gasteiger partial charge in [-0.25, -0.2) is 8.42 Å². The summed E-state index contributed by atoms with van der Waals surface area (Å²) in [5.74, 6) is 0.531. The fourth-order valence-corrected chi connectivity index (χ4v) is 6.10. The highest BCUT2D eigenvalue weighted by Crippen LogP contribution is 2.38. The van der Waals surface area contributed by atoms with Gasteiger partial charge in [0.2, 0.25) is 10.0 Å². The smallest absolute Gasteiger partial charge is 0.243 e. The van der Waals surface area contributed by atoms with Crippen molar-refractivity contribution >= 4 is 27.4 Å². The molecule has 2 aromatic rings. The molecule has 0 amide bonds. The van der Waals surface area contributed by atoms with Crippen LogP contribution in [0.1, 0.15) is 40.6 Å². The van der Waals surface area contributed by atoms with Crippen LogP contribution in [0.25, 0.3) is 0 Å². The summed E-state index contributed by atoms with van der Waals surface area (Å²) in [6.45, 7) is 6.06. The molecule has 0 radical (unpaired) electrons. The van der Waals surface area contributed by atoms with E-state index in [2.05, 4.69) is 11.5 Å². The molecule has 1 aromatic heterocycles. The Balaban J connectivity index is 1.39. The molecule has 2 aliphatic rings. The standard InChI is InChI=1S/C22H28ClN3O4S/c1-15-12-19(16(2)26(15)17-4-5-17)21(27)14-24-8-10-25(11-9-24)31(28,29)18-6-7-22(30-3)20(23)13-18/h6-7,12-13,17H,4-5,8-11,14H2,1-3H3. The van der Waals surface area contributed by atoms with Crippen molar-refractivity contribution in [1.82, 2.24) is 13.8 Å². The molecule has 0 N–H and O–H groups in total. The number of Topliss-reactive ketones (excluding diaryl/α,β-unsaturated/α-hetero) is 1. The quantitative estimate of drug-likeness (QED) is 0.587. The number of methoxy groups -OCH3 is 1. The van der Waals surface area contributed by atoms with Gasteiger partial charge in [0.05, 0.1) is 23.6 Å². The fourth-order valence-electron chi connectivity index (χ4n) is 4.33. The predicted octanol–water partition coefficient (Wildman–Crippen LogP) is 3.29. The van der Waals surface area contributed by atoms with Crippen molar-refractivity contribution in [2.75, 3.05) is 39.8 Å². The third kappa shape index (κ3) is 4.39. The van der Waals surface area contributed by atoms with E-state index in [9.17, 15) is 13.2 Å². The molecule has 31 heavy (non-hydrogen) atoms. The molecule has 1 saturated heterocycles. The second kappa shape index (κ2) is 8.58. The highest BCUT2D eigenvalue weighted by Gasteiger charge is 2.31. The number of carbonyl (C=O) groups is 1. The topological polar surface area (TPSA) is 71.9 Å². The first kappa shape index (κ1) is 22.3. The number of benzene rings is 1. The van der Waals surface area contributed by atoms with Crippen molar-refractivity contribution in [2.45, 2.75) is 37.6 Å². The maximum atomic E-state index is 13.0. The summed E-state index contributed by atoms with van der Waals surface area (Å²) < 4.78 is 34.8. The van der Waals surface area contributed by atoms with E-state index in [1.807, 2.05) is 17.9 Å². The lowest BCUT2D eigenvalue weighted by Gasteiger charge is -2.33. The summed E-state index contributed by atoms with van der Waals surface area (Å²) >= 11 is 6.11. The number of halogens is 1. The van der Waals surface area contributed by atoms with Gasteiger partial charge in [-0.2, -0.15) is 4.31 Å². The predicted molar refractivity (Wildman–Crippen MR) is 120 cm³/mol. The number of hydrogen-bond acceptors (Lipinski definition) is 5. The molecule has 9 heteroatoms. The van der Waals surface area contributed by atoms with Crippen LogP contribution in [0.3, 0.4) is 0 Å². The van der Waals surface area contributed by atoms with E-state index < -0.39 is 10.0 Å². The number of sulfonamides is 1. The Morgan fingerprint density at radius 3 is 2.39 bits per heavy atom. The monoisotopic (exact) mass is 465 g/mol. The zero-order valence-corrected chi connectivity index (χ0v) is 19.7. The van der Waals surface area contributed by atoms with Gasteiger partial charge < -0.3 is 9.30 Å². The minimum Gasteiger partial charge on any atom is -0.495 e. The summed E-state index contributed by atoms with van der Waals surface area (Å²) in [4.78, 5) is 15.1. The Morgan fingerprint density at radius 2 is 1.81 bits per heavy atom. The molecule has 1 aliphatic carbocycles. The fraction of sp³-hybridized carbons (Fsp3) is 0.500. The third-order valence-corrected chi connectivity index (χ3v) is 8.35. The molecule has 4 rings (SSSR count). The zero-order chi connectivity index (χ0) is 22.3. The third-order valence-electron chi connectivity index (χ3n) is 6.16. The Bertz CT molecular complexity index is 1100. The maximum absolute atomic E-state index is 13.0. The van der Waals surface area contributed by atoms with Crippen molar-refractivity contribution in [3.63, 3.8) is 0 Å². The first-order chi connectivity index (χ1) is 14.7. The van der Waals surface area contributed by atoms with Crippen LogP contribution in [0.2, 0.25) is 5.02 Å². The van der Waals surface area contributed by atoms with Crippen molar-refractivity contribution in [1.29, 1.82) is 0 Å². The largest absolute Gasteiger partial charge is 0.495 e. The van der Waals surface area contributed by atoms with E-state index in [4.69, 9.17) is 16.3 Å². The van der Waals surface area contributed by atoms with Gasteiger partial charge in [0.25, 0.3) is 0 Å². The molecule has 0 spiro atoms. The second-order valence-corrected chi connectivity index (χ2v) is 10.6. The molecule has 1 aliphatic heterocycles. The van der Waals surface area contributed by atoms with Gasteiger partial charge in [0.15, 0.2) is 5.78 Å². The summed E-state index contributed by atoms with van der Waals surface area (Å²) in [5, 5.41) is 0.261. The number of hydrogen-bond donors (Lipinski definition) is 0. The Hall–Kier alpha value is -1.87. The average Bonchev–Trinajstić information content (AvgIpc) is 3.52. The van der Waals surface area contributed by atoms with Crippen molar-refractivity contribution in [3.05, 3.63) is 46.2 Å². The number of aromatic nitrogens is 1. The number of nitrogens with zero attached hydrogens (tertiary/aromatic N) is 3. The molecular formula is C22H28ClN3O4S.